The van der Waals surface area contributed by atoms with E-state index in [1.807, 2.05) is 36.4 Å². The molecule has 0 aliphatic carbocycles. The van der Waals surface area contributed by atoms with Crippen molar-refractivity contribution in [1.82, 2.24) is 14.7 Å². The Labute approximate surface area is 240 Å². The number of methoxy groups -OCH3 is 4. The van der Waals surface area contributed by atoms with Gasteiger partial charge in [-0.15, -0.1) is 0 Å². The predicted octanol–water partition coefficient (Wildman–Crippen LogP) is 4.71. The van der Waals surface area contributed by atoms with Gasteiger partial charge in [-0.1, -0.05) is 6.07 Å². The minimum Gasteiger partial charge on any atom is -0.493 e. The zero-order chi connectivity index (χ0) is 29.5. The highest BCUT2D eigenvalue weighted by molar-refractivity contribution is 6.19. The third-order valence-corrected chi connectivity index (χ3v) is 7.46. The predicted molar refractivity (Wildman–Crippen MR) is 160 cm³/mol. The Hall–Kier alpha value is -5.25. The lowest BCUT2D eigenvalue weighted by Gasteiger charge is -2.15. The largest absolute Gasteiger partial charge is 0.493 e. The van der Waals surface area contributed by atoms with Crippen molar-refractivity contribution in [1.29, 1.82) is 0 Å². The van der Waals surface area contributed by atoms with Crippen LogP contribution in [0.5, 0.6) is 28.7 Å². The summed E-state index contributed by atoms with van der Waals surface area (Å²) in [5.41, 5.74) is 2.69. The highest BCUT2D eigenvalue weighted by Gasteiger charge is 2.23. The minimum absolute atomic E-state index is 0.238. The van der Waals surface area contributed by atoms with Crippen LogP contribution in [0.25, 0.3) is 38.1 Å². The summed E-state index contributed by atoms with van der Waals surface area (Å²) in [7, 11) is 6.18. The maximum Gasteiger partial charge on any atom is 0.267 e. The van der Waals surface area contributed by atoms with Crippen molar-refractivity contribution in [2.45, 2.75) is 19.6 Å². The van der Waals surface area contributed by atoms with Crippen LogP contribution in [-0.4, -0.2) is 49.8 Å². The molecule has 0 unspecified atom stereocenters. The maximum atomic E-state index is 13.9. The summed E-state index contributed by atoms with van der Waals surface area (Å²) in [5.74, 6) is 2.25. The topological polar surface area (TPSA) is 110 Å². The maximum absolute atomic E-state index is 13.9. The standard InChI is InChI=1S/C32H29N3O7/c1-17(31(36)34-16-18-6-10-24(38-2)26(14-18)40-4)42-19-7-9-23-22(15-19)20-12-13-33-28-21-8-11-25(39-3)30(41-5)27(21)32(37)35(23)29(20)28/h6-15,17H,16H2,1-5H3,(H,34,36)/t17-/m0/s1. The van der Waals surface area contributed by atoms with Gasteiger partial charge in [0.1, 0.15) is 5.75 Å². The van der Waals surface area contributed by atoms with Gasteiger partial charge >= 0.3 is 0 Å². The number of pyridine rings is 2. The Morgan fingerprint density at radius 2 is 1.62 bits per heavy atom. The third-order valence-electron chi connectivity index (χ3n) is 7.46. The second-order valence-electron chi connectivity index (χ2n) is 9.77. The van der Waals surface area contributed by atoms with E-state index in [0.29, 0.717) is 62.6 Å². The van der Waals surface area contributed by atoms with E-state index < -0.39 is 6.10 Å². The molecule has 1 N–H and O–H groups in total. The molecule has 6 aromatic rings. The monoisotopic (exact) mass is 567 g/mol. The van der Waals surface area contributed by atoms with Gasteiger partial charge in [-0.05, 0) is 61.0 Å². The molecule has 0 aliphatic heterocycles. The molecule has 0 spiro atoms. The molecule has 1 amide bonds. The molecule has 3 aromatic carbocycles. The van der Waals surface area contributed by atoms with Crippen LogP contribution >= 0.6 is 0 Å². The highest BCUT2D eigenvalue weighted by Crippen LogP contribution is 2.39. The summed E-state index contributed by atoms with van der Waals surface area (Å²) in [5, 5.41) is 5.62. The van der Waals surface area contributed by atoms with Crippen molar-refractivity contribution in [3.05, 3.63) is 76.7 Å². The van der Waals surface area contributed by atoms with Crippen molar-refractivity contribution in [3.8, 4) is 28.7 Å². The van der Waals surface area contributed by atoms with Gasteiger partial charge in [0.25, 0.3) is 11.5 Å². The lowest BCUT2D eigenvalue weighted by atomic mass is 10.1. The van der Waals surface area contributed by atoms with Crippen LogP contribution in [0.2, 0.25) is 0 Å². The smallest absolute Gasteiger partial charge is 0.267 e. The quantitative estimate of drug-likeness (QED) is 0.250. The molecule has 214 valence electrons. The number of nitrogens with one attached hydrogen (secondary N) is 1. The van der Waals surface area contributed by atoms with Crippen molar-refractivity contribution in [2.24, 2.45) is 0 Å². The Balaban J connectivity index is 1.34. The van der Waals surface area contributed by atoms with Crippen molar-refractivity contribution >= 4 is 44.0 Å². The minimum atomic E-state index is -0.772. The van der Waals surface area contributed by atoms with Gasteiger partial charge in [0, 0.05) is 28.9 Å². The van der Waals surface area contributed by atoms with Gasteiger partial charge in [0.15, 0.2) is 29.1 Å². The van der Waals surface area contributed by atoms with Crippen LogP contribution in [0.3, 0.4) is 0 Å². The Morgan fingerprint density at radius 3 is 2.36 bits per heavy atom. The Morgan fingerprint density at radius 1 is 0.857 bits per heavy atom. The number of hydrogen-bond donors (Lipinski definition) is 1. The number of hydrogen-bond acceptors (Lipinski definition) is 8. The number of fused-ring (bicyclic) bond motifs is 5. The lowest BCUT2D eigenvalue weighted by Crippen LogP contribution is -2.35. The van der Waals surface area contributed by atoms with E-state index in [-0.39, 0.29) is 11.5 Å². The van der Waals surface area contributed by atoms with E-state index in [9.17, 15) is 9.59 Å². The third kappa shape index (κ3) is 4.23. The zero-order valence-electron chi connectivity index (χ0n) is 23.8. The summed E-state index contributed by atoms with van der Waals surface area (Å²) in [4.78, 5) is 31.5. The van der Waals surface area contributed by atoms with Crippen LogP contribution in [0.15, 0.2) is 65.6 Å². The fourth-order valence-corrected chi connectivity index (χ4v) is 5.45. The van der Waals surface area contributed by atoms with Gasteiger partial charge in [-0.2, -0.15) is 0 Å². The van der Waals surface area contributed by atoms with Gasteiger partial charge in [-0.3, -0.25) is 19.0 Å². The number of rotatable bonds is 9. The fourth-order valence-electron chi connectivity index (χ4n) is 5.45. The molecule has 0 aliphatic rings. The Bertz CT molecular complexity index is 2040. The molecule has 0 saturated heterocycles. The summed E-state index contributed by atoms with van der Waals surface area (Å²) in [6, 6.07) is 16.4. The van der Waals surface area contributed by atoms with E-state index in [4.69, 9.17) is 23.7 Å². The number of nitrogens with zero attached hydrogens (tertiary/aromatic N) is 2. The van der Waals surface area contributed by atoms with Crippen LogP contribution in [0.4, 0.5) is 0 Å². The first kappa shape index (κ1) is 26.9. The van der Waals surface area contributed by atoms with Crippen molar-refractivity contribution in [2.75, 3.05) is 28.4 Å². The average molecular weight is 568 g/mol. The van der Waals surface area contributed by atoms with Crippen molar-refractivity contribution in [3.63, 3.8) is 0 Å². The van der Waals surface area contributed by atoms with Crippen LogP contribution in [0, 0.1) is 0 Å². The molecule has 0 fully saturated rings. The number of carbonyl (C=O) groups is 1. The SMILES string of the molecule is COc1ccc(CNC(=O)[C@H](C)Oc2ccc3c(c2)c2ccnc4c5ccc(OC)c(OC)c5c(=O)n3c24)cc1OC. The molecule has 0 radical (unpaired) electrons. The first-order chi connectivity index (χ1) is 20.4. The molecule has 3 heterocycles. The Kier molecular flexibility index (Phi) is 6.82. The summed E-state index contributed by atoms with van der Waals surface area (Å²) < 4.78 is 29.4. The second kappa shape index (κ2) is 10.6. The summed E-state index contributed by atoms with van der Waals surface area (Å²) in [6.45, 7) is 1.99. The molecule has 10 nitrogen and oxygen atoms in total. The number of aromatic nitrogens is 2. The first-order valence-corrected chi connectivity index (χ1v) is 13.3. The van der Waals surface area contributed by atoms with E-state index in [1.165, 1.54) is 14.2 Å². The number of benzene rings is 3. The van der Waals surface area contributed by atoms with Crippen LogP contribution < -0.4 is 34.6 Å². The molecular formula is C32H29N3O7. The number of amides is 1. The van der Waals surface area contributed by atoms with Gasteiger partial charge in [-0.25, -0.2) is 0 Å². The van der Waals surface area contributed by atoms with Crippen molar-refractivity contribution < 1.29 is 28.5 Å². The number of ether oxygens (including phenoxy) is 5. The normalized spacial score (nSPS) is 12.1. The van der Waals surface area contributed by atoms with E-state index in [2.05, 4.69) is 10.3 Å². The molecule has 0 bridgehead atoms. The summed E-state index contributed by atoms with van der Waals surface area (Å²) >= 11 is 0. The molecule has 3 aromatic heterocycles. The van der Waals surface area contributed by atoms with E-state index >= 15 is 0 Å². The number of carbonyl (C=O) groups excluding carboxylic acids is 1. The van der Waals surface area contributed by atoms with E-state index in [1.54, 1.807) is 49.9 Å². The zero-order valence-corrected chi connectivity index (χ0v) is 23.8. The molecule has 1 atom stereocenters. The molecule has 0 saturated carbocycles. The fraction of sp³-hybridized carbons (Fsp3) is 0.219. The lowest BCUT2D eigenvalue weighted by molar-refractivity contribution is -0.127. The molecule has 10 heteroatoms. The highest BCUT2D eigenvalue weighted by atomic mass is 16.5. The van der Waals surface area contributed by atoms with Crippen LogP contribution in [-0.2, 0) is 11.3 Å². The van der Waals surface area contributed by atoms with Gasteiger partial charge in [0.2, 0.25) is 0 Å². The molecule has 42 heavy (non-hydrogen) atoms. The first-order valence-electron chi connectivity index (χ1n) is 13.3. The molecular weight excluding hydrogens is 538 g/mol. The van der Waals surface area contributed by atoms with Gasteiger partial charge in [0.05, 0.1) is 50.4 Å². The van der Waals surface area contributed by atoms with Crippen LogP contribution in [0.1, 0.15) is 12.5 Å². The second-order valence-corrected chi connectivity index (χ2v) is 9.77. The van der Waals surface area contributed by atoms with Gasteiger partial charge < -0.3 is 29.0 Å². The van der Waals surface area contributed by atoms with E-state index in [0.717, 1.165) is 16.3 Å². The average Bonchev–Trinajstić information content (AvgIpc) is 3.36. The molecule has 6 rings (SSSR count). The summed E-state index contributed by atoms with van der Waals surface area (Å²) in [6.07, 6.45) is 0.946.